The first-order chi connectivity index (χ1) is 10.3. The van der Waals surface area contributed by atoms with E-state index in [0.29, 0.717) is 6.54 Å². The topological polar surface area (TPSA) is 58.2 Å². The normalized spacial score (nSPS) is 12.0. The molecule has 1 N–H and O–H groups in total. The van der Waals surface area contributed by atoms with Crippen LogP contribution < -0.4 is 0 Å². The highest BCUT2D eigenvalue weighted by Crippen LogP contribution is 2.17. The predicted octanol–water partition coefficient (Wildman–Crippen LogP) is 3.96. The number of carbonyl (C=O) groups excluding carboxylic acids is 1. The van der Waals surface area contributed by atoms with Crippen LogP contribution in [0.3, 0.4) is 0 Å². The molecule has 0 saturated carbocycles. The monoisotopic (exact) mass is 301 g/mol. The molecular formula is C17H23N3O2. The van der Waals surface area contributed by atoms with Crippen LogP contribution in [0.2, 0.25) is 0 Å². The van der Waals surface area contributed by atoms with E-state index in [1.165, 1.54) is 0 Å². The van der Waals surface area contributed by atoms with Crippen LogP contribution in [0.25, 0.3) is 17.1 Å². The molecule has 0 atom stereocenters. The van der Waals surface area contributed by atoms with E-state index in [1.54, 1.807) is 11.9 Å². The third kappa shape index (κ3) is 4.10. The maximum atomic E-state index is 12.0. The molecule has 0 spiro atoms. The van der Waals surface area contributed by atoms with E-state index in [-0.39, 0.29) is 6.09 Å². The second-order valence-electron chi connectivity index (χ2n) is 6.30. The summed E-state index contributed by atoms with van der Waals surface area (Å²) in [6.07, 6.45) is 3.57. The fraction of sp³-hybridized carbons (Fsp3) is 0.412. The van der Waals surface area contributed by atoms with Gasteiger partial charge in [0.2, 0.25) is 0 Å². The van der Waals surface area contributed by atoms with Crippen LogP contribution >= 0.6 is 0 Å². The molecule has 2 heterocycles. The number of aromatic amines is 1. The smallest absolute Gasteiger partial charge is 0.410 e. The molecular weight excluding hydrogens is 278 g/mol. The fourth-order valence-corrected chi connectivity index (χ4v) is 2.09. The average molecular weight is 301 g/mol. The summed E-state index contributed by atoms with van der Waals surface area (Å²) < 4.78 is 5.35. The first-order valence-corrected chi connectivity index (χ1v) is 7.34. The predicted molar refractivity (Wildman–Crippen MR) is 88.5 cm³/mol. The summed E-state index contributed by atoms with van der Waals surface area (Å²) in [4.78, 5) is 21.3. The second-order valence-corrected chi connectivity index (χ2v) is 6.30. The minimum Gasteiger partial charge on any atom is -0.444 e. The van der Waals surface area contributed by atoms with Gasteiger partial charge in [-0.1, -0.05) is 6.08 Å². The van der Waals surface area contributed by atoms with E-state index in [9.17, 15) is 4.79 Å². The van der Waals surface area contributed by atoms with Crippen LogP contribution in [-0.4, -0.2) is 33.6 Å². The zero-order valence-corrected chi connectivity index (χ0v) is 13.8. The number of nitrogens with one attached hydrogen (secondary N) is 1. The van der Waals surface area contributed by atoms with Gasteiger partial charge in [0.1, 0.15) is 5.60 Å². The van der Waals surface area contributed by atoms with Gasteiger partial charge in [0.05, 0.1) is 23.3 Å². The maximum Gasteiger partial charge on any atom is 0.410 e. The lowest BCUT2D eigenvalue weighted by Gasteiger charge is -2.24. The van der Waals surface area contributed by atoms with Crippen LogP contribution in [0.15, 0.2) is 24.3 Å². The Balaban J connectivity index is 2.13. The first kappa shape index (κ1) is 16.1. The Morgan fingerprint density at radius 1 is 1.41 bits per heavy atom. The van der Waals surface area contributed by atoms with Crippen molar-refractivity contribution in [3.8, 4) is 0 Å². The number of carbonyl (C=O) groups is 1. The summed E-state index contributed by atoms with van der Waals surface area (Å²) in [5.41, 5.74) is 3.20. The van der Waals surface area contributed by atoms with Crippen molar-refractivity contribution < 1.29 is 9.53 Å². The zero-order chi connectivity index (χ0) is 16.3. The summed E-state index contributed by atoms with van der Waals surface area (Å²) in [7, 11) is 1.72. The molecule has 2 aromatic heterocycles. The molecule has 0 aliphatic rings. The van der Waals surface area contributed by atoms with E-state index in [0.717, 1.165) is 22.4 Å². The summed E-state index contributed by atoms with van der Waals surface area (Å²) >= 11 is 0. The van der Waals surface area contributed by atoms with Crippen molar-refractivity contribution >= 4 is 23.2 Å². The van der Waals surface area contributed by atoms with Gasteiger partial charge in [0.25, 0.3) is 0 Å². The number of H-pyrrole nitrogens is 1. The van der Waals surface area contributed by atoms with Gasteiger partial charge in [0.15, 0.2) is 0 Å². The van der Waals surface area contributed by atoms with Gasteiger partial charge < -0.3 is 14.6 Å². The molecule has 0 unspecified atom stereocenters. The van der Waals surface area contributed by atoms with Crippen LogP contribution in [0, 0.1) is 0 Å². The number of nitrogens with zero attached hydrogens (tertiary/aromatic N) is 2. The number of pyridine rings is 1. The van der Waals surface area contributed by atoms with Gasteiger partial charge in [-0.25, -0.2) is 9.78 Å². The van der Waals surface area contributed by atoms with Gasteiger partial charge in [-0.3, -0.25) is 0 Å². The highest BCUT2D eigenvalue weighted by atomic mass is 16.6. The van der Waals surface area contributed by atoms with Crippen molar-refractivity contribution in [1.29, 1.82) is 0 Å². The Morgan fingerprint density at radius 2 is 2.14 bits per heavy atom. The zero-order valence-electron chi connectivity index (χ0n) is 13.8. The largest absolute Gasteiger partial charge is 0.444 e. The van der Waals surface area contributed by atoms with Crippen molar-refractivity contribution in [3.05, 3.63) is 35.7 Å². The Kier molecular flexibility index (Phi) is 4.54. The molecule has 22 heavy (non-hydrogen) atoms. The van der Waals surface area contributed by atoms with E-state index in [4.69, 9.17) is 4.74 Å². The number of hydrogen-bond acceptors (Lipinski definition) is 3. The van der Waals surface area contributed by atoms with Crippen LogP contribution in [0.4, 0.5) is 4.79 Å². The van der Waals surface area contributed by atoms with Crippen molar-refractivity contribution in [2.45, 2.75) is 39.8 Å². The lowest BCUT2D eigenvalue weighted by atomic mass is 10.2. The van der Waals surface area contributed by atoms with E-state index < -0.39 is 5.60 Å². The number of fused-ring (bicyclic) bond motifs is 1. The van der Waals surface area contributed by atoms with Crippen molar-refractivity contribution in [1.82, 2.24) is 14.9 Å². The second kappa shape index (κ2) is 6.22. The standard InChI is InChI=1S/C17H23N3O2/c1-6-7-12-8-9-14-15(18-12)10-13(19-14)11-20(5)16(21)22-17(2,3)4/h6-10,19H,11H2,1-5H3/b7-6-. The van der Waals surface area contributed by atoms with Gasteiger partial charge in [-0.05, 0) is 52.0 Å². The number of allylic oxidation sites excluding steroid dienone is 1. The third-order valence-electron chi connectivity index (χ3n) is 3.00. The molecule has 0 aliphatic heterocycles. The minimum atomic E-state index is -0.491. The quantitative estimate of drug-likeness (QED) is 0.933. The molecule has 0 radical (unpaired) electrons. The van der Waals surface area contributed by atoms with Gasteiger partial charge in [-0.2, -0.15) is 0 Å². The Hall–Kier alpha value is -2.30. The number of aromatic nitrogens is 2. The number of ether oxygens (including phenoxy) is 1. The number of hydrogen-bond donors (Lipinski definition) is 1. The molecule has 2 aromatic rings. The average Bonchev–Trinajstić information content (AvgIpc) is 2.78. The summed E-state index contributed by atoms with van der Waals surface area (Å²) in [6, 6.07) is 5.91. The van der Waals surface area contributed by atoms with Crippen LogP contribution in [0.1, 0.15) is 39.1 Å². The first-order valence-electron chi connectivity index (χ1n) is 7.34. The summed E-state index contributed by atoms with van der Waals surface area (Å²) in [5, 5.41) is 0. The summed E-state index contributed by atoms with van der Waals surface area (Å²) in [6.45, 7) is 7.98. The molecule has 5 heteroatoms. The van der Waals surface area contributed by atoms with Gasteiger partial charge in [0, 0.05) is 12.7 Å². The molecule has 2 rings (SSSR count). The third-order valence-corrected chi connectivity index (χ3v) is 3.00. The lowest BCUT2D eigenvalue weighted by molar-refractivity contribution is 0.0283. The molecule has 118 valence electrons. The van der Waals surface area contributed by atoms with Crippen LogP contribution in [0.5, 0.6) is 0 Å². The van der Waals surface area contributed by atoms with E-state index >= 15 is 0 Å². The Labute approximate surface area is 131 Å². The minimum absolute atomic E-state index is 0.339. The maximum absolute atomic E-state index is 12.0. The van der Waals surface area contributed by atoms with Crippen molar-refractivity contribution in [2.24, 2.45) is 0 Å². The molecule has 0 bridgehead atoms. The SMILES string of the molecule is C/C=C\c1ccc2[nH]c(CN(C)C(=O)OC(C)(C)C)cc2n1. The highest BCUT2D eigenvalue weighted by Gasteiger charge is 2.20. The molecule has 5 nitrogen and oxygen atoms in total. The van der Waals surface area contributed by atoms with Crippen molar-refractivity contribution in [2.75, 3.05) is 7.05 Å². The van der Waals surface area contributed by atoms with Crippen LogP contribution in [-0.2, 0) is 11.3 Å². The van der Waals surface area contributed by atoms with Crippen molar-refractivity contribution in [3.63, 3.8) is 0 Å². The molecule has 1 amide bonds. The number of rotatable bonds is 3. The lowest BCUT2D eigenvalue weighted by Crippen LogP contribution is -2.33. The Bertz CT molecular complexity index is 695. The van der Waals surface area contributed by atoms with Gasteiger partial charge >= 0.3 is 6.09 Å². The highest BCUT2D eigenvalue weighted by molar-refractivity contribution is 5.77. The fourth-order valence-electron chi connectivity index (χ4n) is 2.09. The molecule has 0 aromatic carbocycles. The number of amides is 1. The summed E-state index contributed by atoms with van der Waals surface area (Å²) in [5.74, 6) is 0. The Morgan fingerprint density at radius 3 is 2.77 bits per heavy atom. The van der Waals surface area contributed by atoms with E-state index in [1.807, 2.05) is 58.0 Å². The molecule has 0 saturated heterocycles. The van der Waals surface area contributed by atoms with E-state index in [2.05, 4.69) is 9.97 Å². The van der Waals surface area contributed by atoms with Gasteiger partial charge in [-0.15, -0.1) is 0 Å². The molecule has 0 aliphatic carbocycles. The molecule has 0 fully saturated rings.